The number of aryl methyl sites for hydroxylation is 1. The van der Waals surface area contributed by atoms with Crippen LogP contribution in [0.25, 0.3) is 11.1 Å². The summed E-state index contributed by atoms with van der Waals surface area (Å²) in [4.78, 5) is 23.3. The zero-order valence-corrected chi connectivity index (χ0v) is 13.8. The van der Waals surface area contributed by atoms with E-state index in [9.17, 15) is 9.59 Å². The zero-order valence-electron chi connectivity index (χ0n) is 13.8. The van der Waals surface area contributed by atoms with E-state index in [0.29, 0.717) is 17.7 Å². The molecule has 2 aromatic carbocycles. The second-order valence-electron chi connectivity index (χ2n) is 5.73. The van der Waals surface area contributed by atoms with E-state index < -0.39 is 5.91 Å². The third-order valence-electron chi connectivity index (χ3n) is 3.85. The van der Waals surface area contributed by atoms with Gasteiger partial charge < -0.3 is 11.1 Å². The van der Waals surface area contributed by atoms with Gasteiger partial charge in [0.1, 0.15) is 0 Å². The molecule has 6 nitrogen and oxygen atoms in total. The summed E-state index contributed by atoms with van der Waals surface area (Å²) in [5.41, 5.74) is 9.11. The molecule has 0 aliphatic rings. The number of aromatic nitrogens is 2. The number of nitrogens with two attached hydrogens (primary N) is 1. The quantitative estimate of drug-likeness (QED) is 0.749. The van der Waals surface area contributed by atoms with Crippen LogP contribution in [0.4, 0.5) is 0 Å². The lowest BCUT2D eigenvalue weighted by Crippen LogP contribution is -2.23. The zero-order chi connectivity index (χ0) is 17.8. The lowest BCUT2D eigenvalue weighted by atomic mass is 10.1. The molecule has 0 unspecified atom stereocenters. The van der Waals surface area contributed by atoms with Crippen LogP contribution in [0, 0.1) is 0 Å². The van der Waals surface area contributed by atoms with E-state index in [1.54, 1.807) is 35.1 Å². The Bertz CT molecular complexity index is 913. The monoisotopic (exact) mass is 334 g/mol. The van der Waals surface area contributed by atoms with Gasteiger partial charge in [0.15, 0.2) is 0 Å². The Hall–Kier alpha value is -3.41. The molecule has 0 bridgehead atoms. The molecule has 126 valence electrons. The number of carbonyl (C=O) groups is 2. The Morgan fingerprint density at radius 3 is 2.44 bits per heavy atom. The first-order chi connectivity index (χ1) is 12.0. The molecule has 0 fully saturated rings. The van der Waals surface area contributed by atoms with E-state index in [1.807, 2.05) is 37.5 Å². The van der Waals surface area contributed by atoms with Crippen molar-refractivity contribution in [3.05, 3.63) is 77.6 Å². The van der Waals surface area contributed by atoms with Crippen molar-refractivity contribution in [2.75, 3.05) is 0 Å². The number of amides is 2. The predicted molar refractivity (Wildman–Crippen MR) is 94.8 cm³/mol. The molecule has 1 heterocycles. The molecule has 0 aliphatic heterocycles. The average Bonchev–Trinajstić information content (AvgIpc) is 3.06. The molecule has 0 atom stereocenters. The van der Waals surface area contributed by atoms with Crippen LogP contribution in [-0.2, 0) is 13.6 Å². The van der Waals surface area contributed by atoms with Crippen LogP contribution < -0.4 is 11.1 Å². The molecule has 3 rings (SSSR count). The van der Waals surface area contributed by atoms with Gasteiger partial charge in [-0.1, -0.05) is 18.2 Å². The molecular formula is C19H18N4O2. The number of hydrogen-bond donors (Lipinski definition) is 2. The van der Waals surface area contributed by atoms with E-state index in [1.165, 1.54) is 0 Å². The Labute approximate surface area is 145 Å². The van der Waals surface area contributed by atoms with Crippen LogP contribution in [-0.4, -0.2) is 21.6 Å². The van der Waals surface area contributed by atoms with Crippen molar-refractivity contribution < 1.29 is 9.59 Å². The fourth-order valence-electron chi connectivity index (χ4n) is 2.50. The van der Waals surface area contributed by atoms with Gasteiger partial charge >= 0.3 is 0 Å². The summed E-state index contributed by atoms with van der Waals surface area (Å²) in [6.07, 6.45) is 3.75. The standard InChI is InChI=1S/C19H18N4O2/c1-23-12-17(11-22-23)16-4-2-3-13(9-16)10-21-19(25)15-7-5-14(6-8-15)18(20)24/h2-9,11-12H,10H2,1H3,(H2,20,24)(H,21,25). The third-order valence-corrected chi connectivity index (χ3v) is 3.85. The van der Waals surface area contributed by atoms with Crippen LogP contribution in [0.5, 0.6) is 0 Å². The predicted octanol–water partition coefficient (Wildman–Crippen LogP) is 2.12. The molecule has 0 aliphatic carbocycles. The van der Waals surface area contributed by atoms with Gasteiger partial charge in [0.25, 0.3) is 5.91 Å². The van der Waals surface area contributed by atoms with Crippen molar-refractivity contribution in [3.63, 3.8) is 0 Å². The van der Waals surface area contributed by atoms with Gasteiger partial charge in [0, 0.05) is 36.5 Å². The van der Waals surface area contributed by atoms with Crippen LogP contribution >= 0.6 is 0 Å². The summed E-state index contributed by atoms with van der Waals surface area (Å²) in [7, 11) is 1.87. The lowest BCUT2D eigenvalue weighted by Gasteiger charge is -2.07. The van der Waals surface area contributed by atoms with Crippen molar-refractivity contribution in [1.82, 2.24) is 15.1 Å². The van der Waals surface area contributed by atoms with Gasteiger partial charge in [-0.2, -0.15) is 5.10 Å². The van der Waals surface area contributed by atoms with Crippen LogP contribution in [0.1, 0.15) is 26.3 Å². The summed E-state index contributed by atoms with van der Waals surface area (Å²) < 4.78 is 1.75. The van der Waals surface area contributed by atoms with Gasteiger partial charge in [0.05, 0.1) is 6.20 Å². The Morgan fingerprint density at radius 1 is 1.08 bits per heavy atom. The molecule has 2 amide bonds. The first kappa shape index (κ1) is 16.4. The maximum absolute atomic E-state index is 12.2. The lowest BCUT2D eigenvalue weighted by molar-refractivity contribution is 0.0948. The highest BCUT2D eigenvalue weighted by atomic mass is 16.2. The summed E-state index contributed by atoms with van der Waals surface area (Å²) in [6.45, 7) is 0.407. The summed E-state index contributed by atoms with van der Waals surface area (Å²) in [5.74, 6) is -0.720. The van der Waals surface area contributed by atoms with Crippen molar-refractivity contribution in [1.29, 1.82) is 0 Å². The molecule has 6 heteroatoms. The number of nitrogens with zero attached hydrogens (tertiary/aromatic N) is 2. The van der Waals surface area contributed by atoms with Crippen LogP contribution in [0.15, 0.2) is 60.9 Å². The highest BCUT2D eigenvalue weighted by molar-refractivity contribution is 5.97. The highest BCUT2D eigenvalue weighted by Gasteiger charge is 2.08. The van der Waals surface area contributed by atoms with Crippen molar-refractivity contribution in [3.8, 4) is 11.1 Å². The van der Waals surface area contributed by atoms with Gasteiger partial charge in [-0.15, -0.1) is 0 Å². The number of primary amides is 1. The van der Waals surface area contributed by atoms with E-state index in [4.69, 9.17) is 5.73 Å². The number of benzene rings is 2. The maximum atomic E-state index is 12.2. The largest absolute Gasteiger partial charge is 0.366 e. The molecule has 0 saturated carbocycles. The molecule has 0 saturated heterocycles. The molecule has 0 radical (unpaired) electrons. The fourth-order valence-corrected chi connectivity index (χ4v) is 2.50. The van der Waals surface area contributed by atoms with Gasteiger partial charge in [0.2, 0.25) is 5.91 Å². The van der Waals surface area contributed by atoms with Crippen LogP contribution in [0.2, 0.25) is 0 Å². The second kappa shape index (κ2) is 7.00. The summed E-state index contributed by atoms with van der Waals surface area (Å²) in [5, 5.41) is 7.04. The highest BCUT2D eigenvalue weighted by Crippen LogP contribution is 2.19. The Morgan fingerprint density at radius 2 is 1.80 bits per heavy atom. The van der Waals surface area contributed by atoms with Gasteiger partial charge in [-0.05, 0) is 41.5 Å². The Kier molecular flexibility index (Phi) is 4.61. The van der Waals surface area contributed by atoms with Crippen molar-refractivity contribution in [2.45, 2.75) is 6.54 Å². The maximum Gasteiger partial charge on any atom is 0.251 e. The topological polar surface area (TPSA) is 90.0 Å². The minimum atomic E-state index is -0.515. The minimum absolute atomic E-state index is 0.206. The smallest absolute Gasteiger partial charge is 0.251 e. The molecule has 0 spiro atoms. The Balaban J connectivity index is 1.67. The van der Waals surface area contributed by atoms with Crippen LogP contribution in [0.3, 0.4) is 0 Å². The van der Waals surface area contributed by atoms with Crippen molar-refractivity contribution >= 4 is 11.8 Å². The number of nitrogens with one attached hydrogen (secondary N) is 1. The van der Waals surface area contributed by atoms with E-state index in [-0.39, 0.29) is 5.91 Å². The summed E-state index contributed by atoms with van der Waals surface area (Å²) in [6, 6.07) is 14.2. The number of hydrogen-bond acceptors (Lipinski definition) is 3. The first-order valence-electron chi connectivity index (χ1n) is 7.79. The molecule has 25 heavy (non-hydrogen) atoms. The van der Waals surface area contributed by atoms with Gasteiger partial charge in [-0.25, -0.2) is 0 Å². The van der Waals surface area contributed by atoms with Crippen molar-refractivity contribution in [2.24, 2.45) is 12.8 Å². The average molecular weight is 334 g/mol. The summed E-state index contributed by atoms with van der Waals surface area (Å²) >= 11 is 0. The molecule has 3 N–H and O–H groups in total. The van der Waals surface area contributed by atoms with Gasteiger partial charge in [-0.3, -0.25) is 14.3 Å². The minimum Gasteiger partial charge on any atom is -0.366 e. The molecule has 3 aromatic rings. The first-order valence-corrected chi connectivity index (χ1v) is 7.79. The number of rotatable bonds is 5. The molecular weight excluding hydrogens is 316 g/mol. The second-order valence-corrected chi connectivity index (χ2v) is 5.73. The van der Waals surface area contributed by atoms with E-state index in [0.717, 1.165) is 16.7 Å². The molecule has 1 aromatic heterocycles. The number of carbonyl (C=O) groups excluding carboxylic acids is 2. The SMILES string of the molecule is Cn1cc(-c2cccc(CNC(=O)c3ccc(C(N)=O)cc3)c2)cn1. The normalized spacial score (nSPS) is 10.4. The third kappa shape index (κ3) is 3.92. The van der Waals surface area contributed by atoms with E-state index >= 15 is 0 Å². The van der Waals surface area contributed by atoms with E-state index in [2.05, 4.69) is 10.4 Å². The fraction of sp³-hybridized carbons (Fsp3) is 0.105.